The van der Waals surface area contributed by atoms with E-state index in [-0.39, 0.29) is 18.7 Å². The number of rotatable bonds is 9. The molecule has 3 N–H and O–H groups in total. The molecule has 9 heteroatoms. The number of hydrogen-bond donors (Lipinski definition) is 3. The second-order valence-electron chi connectivity index (χ2n) is 8.03. The van der Waals surface area contributed by atoms with Gasteiger partial charge in [0.15, 0.2) is 6.61 Å². The minimum Gasteiger partial charge on any atom is -0.457 e. The number of esters is 1. The Bertz CT molecular complexity index is 1210. The molecule has 0 bridgehead atoms. The van der Waals surface area contributed by atoms with Crippen molar-refractivity contribution in [3.63, 3.8) is 0 Å². The minimum absolute atomic E-state index is 0.119. The molecular weight excluding hydrogens is 462 g/mol. The first-order chi connectivity index (χ1) is 17.3. The molecule has 3 aromatic rings. The average molecular weight is 490 g/mol. The average Bonchev–Trinajstić information content (AvgIpc) is 2.86. The van der Waals surface area contributed by atoms with Crippen molar-refractivity contribution >= 4 is 29.4 Å². The van der Waals surface area contributed by atoms with Gasteiger partial charge >= 0.3 is 5.97 Å². The molecule has 0 aliphatic rings. The van der Waals surface area contributed by atoms with E-state index in [1.807, 2.05) is 26.0 Å². The van der Waals surface area contributed by atoms with Crippen LogP contribution in [0.1, 0.15) is 34.3 Å². The molecule has 0 aliphatic heterocycles. The SMILES string of the molecule is Cc1cc(C)cc(Oc2ccc(NC(=O)CCC(=O)OCC(=O)NNC(=O)c3ccccc3)cc2)c1. The fourth-order valence-electron chi connectivity index (χ4n) is 3.22. The topological polar surface area (TPSA) is 123 Å². The lowest BCUT2D eigenvalue weighted by atomic mass is 10.1. The third kappa shape index (κ3) is 8.60. The van der Waals surface area contributed by atoms with Gasteiger partial charge in [-0.15, -0.1) is 0 Å². The molecule has 9 nitrogen and oxygen atoms in total. The van der Waals surface area contributed by atoms with Crippen molar-refractivity contribution < 1.29 is 28.7 Å². The number of carbonyl (C=O) groups excluding carboxylic acids is 4. The summed E-state index contributed by atoms with van der Waals surface area (Å²) in [5, 5.41) is 2.69. The van der Waals surface area contributed by atoms with Crippen molar-refractivity contribution in [3.8, 4) is 11.5 Å². The summed E-state index contributed by atoms with van der Waals surface area (Å²) < 4.78 is 10.7. The van der Waals surface area contributed by atoms with Gasteiger partial charge < -0.3 is 14.8 Å². The number of amides is 3. The zero-order chi connectivity index (χ0) is 25.9. The van der Waals surface area contributed by atoms with Crippen LogP contribution in [0.3, 0.4) is 0 Å². The van der Waals surface area contributed by atoms with Crippen molar-refractivity contribution in [1.82, 2.24) is 10.9 Å². The molecule has 0 aliphatic carbocycles. The predicted octanol–water partition coefficient (Wildman–Crippen LogP) is 3.82. The Morgan fingerprint density at radius 1 is 0.722 bits per heavy atom. The Morgan fingerprint density at radius 3 is 2.06 bits per heavy atom. The van der Waals surface area contributed by atoms with Crippen molar-refractivity contribution in [2.45, 2.75) is 26.7 Å². The van der Waals surface area contributed by atoms with E-state index in [1.54, 1.807) is 54.6 Å². The van der Waals surface area contributed by atoms with Crippen LogP contribution in [-0.2, 0) is 19.1 Å². The summed E-state index contributed by atoms with van der Waals surface area (Å²) in [4.78, 5) is 47.6. The Hall–Kier alpha value is -4.66. The number of anilines is 1. The van der Waals surface area contributed by atoms with Crippen LogP contribution in [-0.4, -0.2) is 30.3 Å². The summed E-state index contributed by atoms with van der Waals surface area (Å²) in [5.41, 5.74) is 7.49. The molecule has 3 rings (SSSR count). The highest BCUT2D eigenvalue weighted by Crippen LogP contribution is 2.25. The summed E-state index contributed by atoms with van der Waals surface area (Å²) in [6, 6.07) is 21.1. The molecular formula is C27H27N3O6. The van der Waals surface area contributed by atoms with Crippen LogP contribution >= 0.6 is 0 Å². The maximum absolute atomic E-state index is 12.1. The molecule has 0 heterocycles. The van der Waals surface area contributed by atoms with Crippen LogP contribution in [0, 0.1) is 13.8 Å². The van der Waals surface area contributed by atoms with E-state index in [1.165, 1.54) is 0 Å². The lowest BCUT2D eigenvalue weighted by Gasteiger charge is -2.10. The number of ether oxygens (including phenoxy) is 2. The second kappa shape index (κ2) is 12.7. The molecule has 0 fully saturated rings. The predicted molar refractivity (Wildman–Crippen MR) is 133 cm³/mol. The Kier molecular flexibility index (Phi) is 9.16. The van der Waals surface area contributed by atoms with Crippen molar-refractivity contribution in [2.24, 2.45) is 0 Å². The standard InChI is InChI=1S/C27H27N3O6/c1-18-14-19(2)16-23(15-18)36-22-10-8-21(9-11-22)28-24(31)12-13-26(33)35-17-25(32)29-30-27(34)20-6-4-3-5-7-20/h3-11,14-16H,12-13,17H2,1-2H3,(H,28,31)(H,29,32)(H,30,34). The molecule has 0 spiro atoms. The monoisotopic (exact) mass is 489 g/mol. The normalized spacial score (nSPS) is 10.2. The van der Waals surface area contributed by atoms with Gasteiger partial charge in [0, 0.05) is 17.7 Å². The highest BCUT2D eigenvalue weighted by Gasteiger charge is 2.12. The highest BCUT2D eigenvalue weighted by atomic mass is 16.5. The van der Waals surface area contributed by atoms with Gasteiger partial charge in [0.1, 0.15) is 11.5 Å². The summed E-state index contributed by atoms with van der Waals surface area (Å²) in [5.74, 6) is -0.951. The van der Waals surface area contributed by atoms with Gasteiger partial charge in [0.25, 0.3) is 11.8 Å². The molecule has 0 aromatic heterocycles. The molecule has 3 aromatic carbocycles. The van der Waals surface area contributed by atoms with Crippen LogP contribution in [0.5, 0.6) is 11.5 Å². The number of benzene rings is 3. The third-order valence-corrected chi connectivity index (χ3v) is 4.84. The number of hydrazine groups is 1. The largest absolute Gasteiger partial charge is 0.457 e. The van der Waals surface area contributed by atoms with Crippen molar-refractivity contribution in [1.29, 1.82) is 0 Å². The molecule has 3 amide bonds. The molecule has 0 atom stereocenters. The molecule has 0 unspecified atom stereocenters. The van der Waals surface area contributed by atoms with Gasteiger partial charge in [-0.3, -0.25) is 30.0 Å². The van der Waals surface area contributed by atoms with Crippen LogP contribution < -0.4 is 20.9 Å². The summed E-state index contributed by atoms with van der Waals surface area (Å²) in [6.07, 6.45) is -0.324. The van der Waals surface area contributed by atoms with E-state index in [9.17, 15) is 19.2 Å². The van der Waals surface area contributed by atoms with Gasteiger partial charge in [0.05, 0.1) is 6.42 Å². The first-order valence-electron chi connectivity index (χ1n) is 11.2. The summed E-state index contributed by atoms with van der Waals surface area (Å²) in [6.45, 7) is 3.41. The van der Waals surface area contributed by atoms with Gasteiger partial charge in [0.2, 0.25) is 5.91 Å². The zero-order valence-electron chi connectivity index (χ0n) is 20.0. The molecule has 0 saturated heterocycles. The summed E-state index contributed by atoms with van der Waals surface area (Å²) >= 11 is 0. The Morgan fingerprint density at radius 2 is 1.39 bits per heavy atom. The smallest absolute Gasteiger partial charge is 0.306 e. The quantitative estimate of drug-likeness (QED) is 0.310. The van der Waals surface area contributed by atoms with E-state index in [0.29, 0.717) is 17.0 Å². The van der Waals surface area contributed by atoms with Gasteiger partial charge in [-0.25, -0.2) is 0 Å². The highest BCUT2D eigenvalue weighted by molar-refractivity contribution is 5.95. The Balaban J connectivity index is 1.34. The zero-order valence-corrected chi connectivity index (χ0v) is 20.0. The fourth-order valence-corrected chi connectivity index (χ4v) is 3.22. The fraction of sp³-hybridized carbons (Fsp3) is 0.185. The molecule has 0 radical (unpaired) electrons. The first kappa shape index (κ1) is 26.0. The number of hydrogen-bond acceptors (Lipinski definition) is 6. The molecule has 186 valence electrons. The maximum Gasteiger partial charge on any atom is 0.306 e. The minimum atomic E-state index is -0.716. The van der Waals surface area contributed by atoms with Crippen LogP contribution in [0.2, 0.25) is 0 Å². The third-order valence-electron chi connectivity index (χ3n) is 4.84. The van der Waals surface area contributed by atoms with E-state index in [2.05, 4.69) is 22.2 Å². The lowest BCUT2D eigenvalue weighted by molar-refractivity contribution is -0.149. The molecule has 36 heavy (non-hydrogen) atoms. The van der Waals surface area contributed by atoms with Crippen LogP contribution in [0.4, 0.5) is 5.69 Å². The molecule has 0 saturated carbocycles. The van der Waals surface area contributed by atoms with Crippen LogP contribution in [0.25, 0.3) is 0 Å². The van der Waals surface area contributed by atoms with E-state index in [0.717, 1.165) is 16.9 Å². The number of aryl methyl sites for hydroxylation is 2. The van der Waals surface area contributed by atoms with Gasteiger partial charge in [-0.1, -0.05) is 24.3 Å². The van der Waals surface area contributed by atoms with Crippen molar-refractivity contribution in [3.05, 3.63) is 89.5 Å². The Labute approximate surface area is 208 Å². The van der Waals surface area contributed by atoms with E-state index >= 15 is 0 Å². The van der Waals surface area contributed by atoms with E-state index in [4.69, 9.17) is 9.47 Å². The lowest BCUT2D eigenvalue weighted by Crippen LogP contribution is -2.43. The second-order valence-corrected chi connectivity index (χ2v) is 8.03. The van der Waals surface area contributed by atoms with E-state index < -0.39 is 24.4 Å². The van der Waals surface area contributed by atoms with Crippen LogP contribution in [0.15, 0.2) is 72.8 Å². The number of carbonyl (C=O) groups is 4. The first-order valence-corrected chi connectivity index (χ1v) is 11.2. The maximum atomic E-state index is 12.1. The van der Waals surface area contributed by atoms with Gasteiger partial charge in [-0.2, -0.15) is 0 Å². The van der Waals surface area contributed by atoms with Gasteiger partial charge in [-0.05, 0) is 73.5 Å². The summed E-state index contributed by atoms with van der Waals surface area (Å²) in [7, 11) is 0. The number of nitrogens with one attached hydrogen (secondary N) is 3. The van der Waals surface area contributed by atoms with Crippen molar-refractivity contribution in [2.75, 3.05) is 11.9 Å².